The third-order valence-electron chi connectivity index (χ3n) is 3.35. The highest BCUT2D eigenvalue weighted by molar-refractivity contribution is 5.33. The number of halogens is 2. The maximum atomic E-state index is 13.9. The van der Waals surface area contributed by atoms with Crippen LogP contribution in [-0.4, -0.2) is 7.11 Å². The van der Waals surface area contributed by atoms with Crippen molar-refractivity contribution in [3.05, 3.63) is 64.7 Å². The van der Waals surface area contributed by atoms with Crippen LogP contribution in [0.4, 0.5) is 8.78 Å². The van der Waals surface area contributed by atoms with Gasteiger partial charge in [0.05, 0.1) is 7.11 Å². The third-order valence-corrected chi connectivity index (χ3v) is 3.35. The van der Waals surface area contributed by atoms with Crippen molar-refractivity contribution in [3.8, 4) is 5.75 Å². The number of nitrogens with two attached hydrogens (primary N) is 1. The molecular formula is C16H17F2NO. The lowest BCUT2D eigenvalue weighted by atomic mass is 9.96. The van der Waals surface area contributed by atoms with E-state index in [1.807, 2.05) is 6.92 Å². The van der Waals surface area contributed by atoms with Gasteiger partial charge in [-0.3, -0.25) is 0 Å². The van der Waals surface area contributed by atoms with Crippen LogP contribution in [-0.2, 0) is 6.42 Å². The van der Waals surface area contributed by atoms with E-state index in [4.69, 9.17) is 10.5 Å². The van der Waals surface area contributed by atoms with E-state index < -0.39 is 11.9 Å². The number of aryl methyl sites for hydroxylation is 1. The molecule has 0 heterocycles. The highest BCUT2D eigenvalue weighted by atomic mass is 19.1. The van der Waals surface area contributed by atoms with Gasteiger partial charge < -0.3 is 10.5 Å². The first-order valence-electron chi connectivity index (χ1n) is 6.35. The molecule has 2 aromatic carbocycles. The molecule has 0 saturated carbocycles. The van der Waals surface area contributed by atoms with Crippen LogP contribution in [0.3, 0.4) is 0 Å². The van der Waals surface area contributed by atoms with Gasteiger partial charge in [0, 0.05) is 17.7 Å². The molecule has 0 saturated heterocycles. The Hall–Kier alpha value is -1.94. The standard InChI is InChI=1S/C16H17F2NO/c1-10-7-12(17)4-3-11(10)8-16(19)14-6-5-13(20-2)9-15(14)18/h3-7,9,16H,8,19H2,1-2H3. The topological polar surface area (TPSA) is 35.2 Å². The van der Waals surface area contributed by atoms with Crippen LogP contribution in [0.2, 0.25) is 0 Å². The van der Waals surface area contributed by atoms with Gasteiger partial charge in [0.1, 0.15) is 17.4 Å². The van der Waals surface area contributed by atoms with Crippen LogP contribution in [0.5, 0.6) is 5.75 Å². The number of rotatable bonds is 4. The van der Waals surface area contributed by atoms with Gasteiger partial charge in [0.15, 0.2) is 0 Å². The molecule has 106 valence electrons. The molecule has 20 heavy (non-hydrogen) atoms. The van der Waals surface area contributed by atoms with E-state index in [9.17, 15) is 8.78 Å². The van der Waals surface area contributed by atoms with Crippen LogP contribution in [0, 0.1) is 18.6 Å². The van der Waals surface area contributed by atoms with E-state index in [2.05, 4.69) is 0 Å². The summed E-state index contributed by atoms with van der Waals surface area (Å²) in [6, 6.07) is 8.66. The predicted molar refractivity (Wildman–Crippen MR) is 74.7 cm³/mol. The molecule has 0 aromatic heterocycles. The molecule has 0 aliphatic carbocycles. The number of ether oxygens (including phenoxy) is 1. The SMILES string of the molecule is COc1ccc(C(N)Cc2ccc(F)cc2C)c(F)c1. The first-order chi connectivity index (χ1) is 9.51. The van der Waals surface area contributed by atoms with E-state index in [1.54, 1.807) is 18.2 Å². The Labute approximate surface area is 117 Å². The number of hydrogen-bond donors (Lipinski definition) is 1. The minimum atomic E-state index is -0.481. The second-order valence-corrected chi connectivity index (χ2v) is 4.77. The van der Waals surface area contributed by atoms with E-state index in [1.165, 1.54) is 25.3 Å². The number of hydrogen-bond acceptors (Lipinski definition) is 2. The molecule has 0 bridgehead atoms. The van der Waals surface area contributed by atoms with E-state index in [0.29, 0.717) is 17.7 Å². The maximum Gasteiger partial charge on any atom is 0.131 e. The molecular weight excluding hydrogens is 260 g/mol. The molecule has 0 radical (unpaired) electrons. The molecule has 0 amide bonds. The van der Waals surface area contributed by atoms with Crippen molar-refractivity contribution in [2.24, 2.45) is 5.73 Å². The Morgan fingerprint density at radius 2 is 1.90 bits per heavy atom. The van der Waals surface area contributed by atoms with Crippen molar-refractivity contribution < 1.29 is 13.5 Å². The fourth-order valence-electron chi connectivity index (χ4n) is 2.17. The average molecular weight is 277 g/mol. The van der Waals surface area contributed by atoms with Crippen LogP contribution in [0.25, 0.3) is 0 Å². The molecule has 0 spiro atoms. The van der Waals surface area contributed by atoms with Crippen LogP contribution >= 0.6 is 0 Å². The average Bonchev–Trinajstić information content (AvgIpc) is 2.41. The van der Waals surface area contributed by atoms with Gasteiger partial charge in [-0.25, -0.2) is 8.78 Å². The molecule has 2 nitrogen and oxygen atoms in total. The zero-order valence-electron chi connectivity index (χ0n) is 11.5. The monoisotopic (exact) mass is 277 g/mol. The quantitative estimate of drug-likeness (QED) is 0.928. The van der Waals surface area contributed by atoms with Gasteiger partial charge in [-0.1, -0.05) is 12.1 Å². The van der Waals surface area contributed by atoms with Gasteiger partial charge >= 0.3 is 0 Å². The first-order valence-corrected chi connectivity index (χ1v) is 6.35. The lowest BCUT2D eigenvalue weighted by Crippen LogP contribution is -2.15. The Morgan fingerprint density at radius 1 is 1.15 bits per heavy atom. The summed E-state index contributed by atoms with van der Waals surface area (Å²) in [6.45, 7) is 1.81. The molecule has 2 N–H and O–H groups in total. The summed E-state index contributed by atoms with van der Waals surface area (Å²) >= 11 is 0. The van der Waals surface area contributed by atoms with E-state index >= 15 is 0 Å². The molecule has 0 aliphatic heterocycles. The molecule has 1 atom stereocenters. The second-order valence-electron chi connectivity index (χ2n) is 4.77. The Balaban J connectivity index is 2.21. The molecule has 4 heteroatoms. The highest BCUT2D eigenvalue weighted by Gasteiger charge is 2.14. The minimum absolute atomic E-state index is 0.282. The summed E-state index contributed by atoms with van der Waals surface area (Å²) in [5, 5.41) is 0. The van der Waals surface area contributed by atoms with Gasteiger partial charge in [0.25, 0.3) is 0 Å². The Bertz CT molecular complexity index is 613. The number of benzene rings is 2. The third kappa shape index (κ3) is 3.14. The maximum absolute atomic E-state index is 13.9. The van der Waals surface area contributed by atoms with Crippen LogP contribution < -0.4 is 10.5 Å². The fourth-order valence-corrected chi connectivity index (χ4v) is 2.17. The minimum Gasteiger partial charge on any atom is -0.497 e. The van der Waals surface area contributed by atoms with Crippen molar-refractivity contribution in [2.75, 3.05) is 7.11 Å². The van der Waals surface area contributed by atoms with Crippen molar-refractivity contribution in [1.82, 2.24) is 0 Å². The molecule has 0 fully saturated rings. The molecule has 2 rings (SSSR count). The zero-order chi connectivity index (χ0) is 14.7. The molecule has 1 unspecified atom stereocenters. The van der Waals surface area contributed by atoms with Gasteiger partial charge in [-0.2, -0.15) is 0 Å². The Kier molecular flexibility index (Phi) is 4.35. The number of methoxy groups -OCH3 is 1. The normalized spacial score (nSPS) is 12.2. The largest absolute Gasteiger partial charge is 0.497 e. The van der Waals surface area contributed by atoms with Crippen LogP contribution in [0.15, 0.2) is 36.4 Å². The summed E-state index contributed by atoms with van der Waals surface area (Å²) in [6.07, 6.45) is 0.454. The second kappa shape index (κ2) is 6.01. The smallest absolute Gasteiger partial charge is 0.131 e. The summed E-state index contributed by atoms with van der Waals surface area (Å²) in [5.74, 6) is -0.219. The van der Waals surface area contributed by atoms with Crippen LogP contribution in [0.1, 0.15) is 22.7 Å². The summed E-state index contributed by atoms with van der Waals surface area (Å²) in [4.78, 5) is 0. The van der Waals surface area contributed by atoms with E-state index in [0.717, 1.165) is 11.1 Å². The molecule has 0 aliphatic rings. The van der Waals surface area contributed by atoms with Crippen molar-refractivity contribution in [1.29, 1.82) is 0 Å². The summed E-state index contributed by atoms with van der Waals surface area (Å²) in [7, 11) is 1.48. The fraction of sp³-hybridized carbons (Fsp3) is 0.250. The Morgan fingerprint density at radius 3 is 2.50 bits per heavy atom. The predicted octanol–water partition coefficient (Wildman–Crippen LogP) is 3.52. The van der Waals surface area contributed by atoms with Crippen molar-refractivity contribution in [3.63, 3.8) is 0 Å². The first kappa shape index (κ1) is 14.5. The zero-order valence-corrected chi connectivity index (χ0v) is 11.5. The highest BCUT2D eigenvalue weighted by Crippen LogP contribution is 2.24. The van der Waals surface area contributed by atoms with Gasteiger partial charge in [-0.15, -0.1) is 0 Å². The van der Waals surface area contributed by atoms with Crippen molar-refractivity contribution in [2.45, 2.75) is 19.4 Å². The van der Waals surface area contributed by atoms with Gasteiger partial charge in [-0.05, 0) is 42.7 Å². The van der Waals surface area contributed by atoms with Crippen molar-refractivity contribution >= 4 is 0 Å². The lowest BCUT2D eigenvalue weighted by Gasteiger charge is -2.15. The summed E-state index contributed by atoms with van der Waals surface area (Å²) < 4.78 is 31.9. The summed E-state index contributed by atoms with van der Waals surface area (Å²) in [5.41, 5.74) is 8.20. The molecule has 2 aromatic rings. The van der Waals surface area contributed by atoms with E-state index in [-0.39, 0.29) is 5.82 Å². The lowest BCUT2D eigenvalue weighted by molar-refractivity contribution is 0.410. The van der Waals surface area contributed by atoms with Gasteiger partial charge in [0.2, 0.25) is 0 Å².